The fourth-order valence-corrected chi connectivity index (χ4v) is 3.55. The zero-order valence-corrected chi connectivity index (χ0v) is 17.3. The maximum absolute atomic E-state index is 13.0. The number of nitrogens with one attached hydrogen (secondary N) is 1. The minimum atomic E-state index is -0.0504. The molecule has 29 heavy (non-hydrogen) atoms. The minimum absolute atomic E-state index is 0. The Morgan fingerprint density at radius 3 is 2.76 bits per heavy atom. The number of nitriles is 1. The molecule has 4 rings (SSSR count). The summed E-state index contributed by atoms with van der Waals surface area (Å²) in [6, 6.07) is 9.00. The van der Waals surface area contributed by atoms with Gasteiger partial charge in [-0.2, -0.15) is 5.26 Å². The topological polar surface area (TPSA) is 83.2 Å². The van der Waals surface area contributed by atoms with Crippen LogP contribution in [-0.4, -0.2) is 46.7 Å². The lowest BCUT2D eigenvalue weighted by Gasteiger charge is -2.27. The molecule has 7 nitrogen and oxygen atoms in total. The lowest BCUT2D eigenvalue weighted by atomic mass is 10.1. The van der Waals surface area contributed by atoms with Gasteiger partial charge in [0.15, 0.2) is 0 Å². The molecule has 1 saturated heterocycles. The molecule has 2 aromatic heterocycles. The number of benzene rings is 1. The van der Waals surface area contributed by atoms with Crippen LogP contribution in [0.1, 0.15) is 15.9 Å². The molecule has 150 valence electrons. The molecule has 0 saturated carbocycles. The average Bonchev–Trinajstić information content (AvgIpc) is 3.12. The van der Waals surface area contributed by atoms with Gasteiger partial charge in [0.2, 0.25) is 0 Å². The zero-order chi connectivity index (χ0) is 19.7. The van der Waals surface area contributed by atoms with Crippen molar-refractivity contribution < 1.29 is 9.53 Å². The number of halogens is 2. The van der Waals surface area contributed by atoms with Gasteiger partial charge < -0.3 is 19.5 Å². The highest BCUT2D eigenvalue weighted by Crippen LogP contribution is 2.31. The molecule has 1 amide bonds. The lowest BCUT2D eigenvalue weighted by molar-refractivity contribution is 0.0303. The Labute approximate surface area is 179 Å². The van der Waals surface area contributed by atoms with Crippen LogP contribution in [0.4, 0.5) is 11.5 Å². The van der Waals surface area contributed by atoms with Gasteiger partial charge in [0, 0.05) is 37.9 Å². The number of rotatable bonds is 3. The summed E-state index contributed by atoms with van der Waals surface area (Å²) in [6.45, 7) is 2.25. The standard InChI is InChI=1S/C20H18ClN5O2.ClH/c1-25-5-4-14-18(25)15(20(27)26-6-8-28-9-7-26)12-23-19(14)24-17-3-2-13(11-22)10-16(17)21;/h2-5,10,12H,6-9H2,1H3,(H,23,24);1H. The third-order valence-corrected chi connectivity index (χ3v) is 5.10. The first-order valence-corrected chi connectivity index (χ1v) is 9.24. The number of aromatic nitrogens is 2. The van der Waals surface area contributed by atoms with E-state index in [0.717, 1.165) is 10.9 Å². The van der Waals surface area contributed by atoms with Crippen molar-refractivity contribution in [1.82, 2.24) is 14.5 Å². The molecule has 0 spiro atoms. The Kier molecular flexibility index (Phi) is 6.28. The summed E-state index contributed by atoms with van der Waals surface area (Å²) in [6.07, 6.45) is 3.49. The van der Waals surface area contributed by atoms with Gasteiger partial charge in [-0.3, -0.25) is 4.79 Å². The number of fused-ring (bicyclic) bond motifs is 1. The van der Waals surface area contributed by atoms with Crippen molar-refractivity contribution in [3.63, 3.8) is 0 Å². The molecule has 0 bridgehead atoms. The Bertz CT molecular complexity index is 1100. The fraction of sp³-hybridized carbons (Fsp3) is 0.250. The van der Waals surface area contributed by atoms with Crippen LogP contribution in [0.5, 0.6) is 0 Å². The van der Waals surface area contributed by atoms with E-state index in [1.807, 2.05) is 23.9 Å². The molecule has 1 aliphatic rings. The number of anilines is 2. The molecule has 1 aromatic carbocycles. The number of nitrogens with zero attached hydrogens (tertiary/aromatic N) is 4. The van der Waals surface area contributed by atoms with E-state index >= 15 is 0 Å². The van der Waals surface area contributed by atoms with Gasteiger partial charge >= 0.3 is 0 Å². The maximum atomic E-state index is 13.0. The first kappa shape index (κ1) is 20.9. The van der Waals surface area contributed by atoms with E-state index in [0.29, 0.717) is 54.0 Å². The van der Waals surface area contributed by atoms with Gasteiger partial charge in [-0.15, -0.1) is 12.4 Å². The number of carbonyl (C=O) groups excluding carboxylic acids is 1. The first-order valence-electron chi connectivity index (χ1n) is 8.86. The molecular formula is C20H19Cl2N5O2. The Balaban J connectivity index is 0.00000240. The van der Waals surface area contributed by atoms with E-state index < -0.39 is 0 Å². The van der Waals surface area contributed by atoms with Crippen molar-refractivity contribution in [2.75, 3.05) is 31.6 Å². The Morgan fingerprint density at radius 1 is 1.31 bits per heavy atom. The van der Waals surface area contributed by atoms with Crippen LogP contribution >= 0.6 is 24.0 Å². The molecule has 1 N–H and O–H groups in total. The van der Waals surface area contributed by atoms with E-state index in [1.165, 1.54) is 0 Å². The van der Waals surface area contributed by atoms with Crippen LogP contribution in [-0.2, 0) is 11.8 Å². The second-order valence-electron chi connectivity index (χ2n) is 6.55. The van der Waals surface area contributed by atoms with Gasteiger partial charge in [0.05, 0.1) is 46.6 Å². The molecular weight excluding hydrogens is 413 g/mol. The van der Waals surface area contributed by atoms with Gasteiger partial charge in [-0.1, -0.05) is 11.6 Å². The number of hydrogen-bond acceptors (Lipinski definition) is 5. The molecule has 0 unspecified atom stereocenters. The fourth-order valence-electron chi connectivity index (χ4n) is 3.32. The van der Waals surface area contributed by atoms with Crippen molar-refractivity contribution in [3.05, 3.63) is 52.8 Å². The van der Waals surface area contributed by atoms with E-state index in [4.69, 9.17) is 21.6 Å². The van der Waals surface area contributed by atoms with Crippen LogP contribution in [0, 0.1) is 11.3 Å². The summed E-state index contributed by atoms with van der Waals surface area (Å²) in [5, 5.41) is 13.5. The number of pyridine rings is 1. The lowest BCUT2D eigenvalue weighted by Crippen LogP contribution is -2.40. The molecule has 1 aliphatic heterocycles. The van der Waals surface area contributed by atoms with Crippen molar-refractivity contribution in [2.24, 2.45) is 7.05 Å². The van der Waals surface area contributed by atoms with E-state index in [1.54, 1.807) is 29.3 Å². The highest BCUT2D eigenvalue weighted by Gasteiger charge is 2.23. The molecule has 3 aromatic rings. The molecule has 0 radical (unpaired) electrons. The normalized spacial score (nSPS) is 13.6. The highest BCUT2D eigenvalue weighted by atomic mass is 35.5. The smallest absolute Gasteiger partial charge is 0.257 e. The monoisotopic (exact) mass is 431 g/mol. The summed E-state index contributed by atoms with van der Waals surface area (Å²) in [5.41, 5.74) is 2.49. The molecule has 9 heteroatoms. The SMILES string of the molecule is Cl.Cn1ccc2c(Nc3ccc(C#N)cc3Cl)ncc(C(=O)N3CCOCC3)c21. The first-order chi connectivity index (χ1) is 13.6. The van der Waals surface area contributed by atoms with Crippen LogP contribution < -0.4 is 5.32 Å². The van der Waals surface area contributed by atoms with Gasteiger partial charge in [-0.25, -0.2) is 4.98 Å². The second-order valence-corrected chi connectivity index (χ2v) is 6.95. The third kappa shape index (κ3) is 4.01. The van der Waals surface area contributed by atoms with Crippen molar-refractivity contribution in [2.45, 2.75) is 0 Å². The van der Waals surface area contributed by atoms with Crippen LogP contribution in [0.25, 0.3) is 10.9 Å². The minimum Gasteiger partial charge on any atom is -0.378 e. The second kappa shape index (κ2) is 8.70. The van der Waals surface area contributed by atoms with Crippen molar-refractivity contribution in [1.29, 1.82) is 5.26 Å². The number of morpholine rings is 1. The summed E-state index contributed by atoms with van der Waals surface area (Å²) in [7, 11) is 1.90. The van der Waals surface area contributed by atoms with E-state index in [9.17, 15) is 4.79 Å². The summed E-state index contributed by atoms with van der Waals surface area (Å²) < 4.78 is 7.25. The molecule has 3 heterocycles. The third-order valence-electron chi connectivity index (χ3n) is 4.79. The van der Waals surface area contributed by atoms with Gasteiger partial charge in [-0.05, 0) is 24.3 Å². The highest BCUT2D eigenvalue weighted by molar-refractivity contribution is 6.33. The van der Waals surface area contributed by atoms with Crippen LogP contribution in [0.2, 0.25) is 5.02 Å². The maximum Gasteiger partial charge on any atom is 0.257 e. The number of aryl methyl sites for hydroxylation is 1. The number of carbonyl (C=O) groups is 1. The predicted octanol–water partition coefficient (Wildman–Crippen LogP) is 3.74. The Morgan fingerprint density at radius 2 is 2.07 bits per heavy atom. The van der Waals surface area contributed by atoms with E-state index in [2.05, 4.69) is 16.4 Å². The number of ether oxygens (including phenoxy) is 1. The number of amides is 1. The predicted molar refractivity (Wildman–Crippen MR) is 114 cm³/mol. The van der Waals surface area contributed by atoms with Gasteiger partial charge in [0.25, 0.3) is 5.91 Å². The molecule has 0 atom stereocenters. The molecule has 1 fully saturated rings. The summed E-state index contributed by atoms with van der Waals surface area (Å²) in [5.74, 6) is 0.547. The van der Waals surface area contributed by atoms with Gasteiger partial charge in [0.1, 0.15) is 5.82 Å². The van der Waals surface area contributed by atoms with Crippen LogP contribution in [0.15, 0.2) is 36.7 Å². The zero-order valence-electron chi connectivity index (χ0n) is 15.7. The van der Waals surface area contributed by atoms with Crippen molar-refractivity contribution >= 4 is 52.3 Å². The summed E-state index contributed by atoms with van der Waals surface area (Å²) in [4.78, 5) is 19.3. The summed E-state index contributed by atoms with van der Waals surface area (Å²) >= 11 is 6.28. The largest absolute Gasteiger partial charge is 0.378 e. The van der Waals surface area contributed by atoms with E-state index in [-0.39, 0.29) is 18.3 Å². The quantitative estimate of drug-likeness (QED) is 0.682. The van der Waals surface area contributed by atoms with Crippen LogP contribution in [0.3, 0.4) is 0 Å². The van der Waals surface area contributed by atoms with Crippen molar-refractivity contribution in [3.8, 4) is 6.07 Å². The average molecular weight is 432 g/mol. The number of hydrogen-bond donors (Lipinski definition) is 1. The molecule has 0 aliphatic carbocycles. The Hall–Kier alpha value is -2.79.